The van der Waals surface area contributed by atoms with Crippen LogP contribution in [0, 0.1) is 18.6 Å². The minimum absolute atomic E-state index is 0.0416. The van der Waals surface area contributed by atoms with Crippen LogP contribution in [-0.4, -0.2) is 138 Å². The van der Waals surface area contributed by atoms with E-state index in [1.807, 2.05) is 4.90 Å². The summed E-state index contributed by atoms with van der Waals surface area (Å²) in [6.07, 6.45) is 5.46. The van der Waals surface area contributed by atoms with Gasteiger partial charge in [-0.15, -0.1) is 0 Å². The predicted molar refractivity (Wildman–Crippen MR) is 217 cm³/mol. The van der Waals surface area contributed by atoms with Crippen LogP contribution in [0.15, 0.2) is 42.7 Å². The summed E-state index contributed by atoms with van der Waals surface area (Å²) in [5.41, 5.74) is 2.04. The van der Waals surface area contributed by atoms with Crippen LogP contribution >= 0.6 is 11.6 Å². The van der Waals surface area contributed by atoms with Gasteiger partial charge in [0.2, 0.25) is 0 Å². The molecule has 1 fully saturated rings. The molecule has 318 valence electrons. The molecule has 2 aromatic heterocycles. The van der Waals surface area contributed by atoms with Crippen molar-refractivity contribution in [2.45, 2.75) is 45.8 Å². The molecule has 2 aromatic carbocycles. The molecule has 1 aliphatic heterocycles. The number of aliphatic hydroxyl groups is 2. The highest BCUT2D eigenvalue weighted by Gasteiger charge is 2.25. The van der Waals surface area contributed by atoms with Gasteiger partial charge in [0.25, 0.3) is 18.3 Å². The van der Waals surface area contributed by atoms with Crippen LogP contribution in [0.25, 0.3) is 22.4 Å². The number of rotatable bonds is 15. The lowest BCUT2D eigenvalue weighted by atomic mass is 10.0. The van der Waals surface area contributed by atoms with Crippen molar-refractivity contribution in [3.05, 3.63) is 76.5 Å². The van der Waals surface area contributed by atoms with E-state index in [0.717, 1.165) is 25.8 Å². The van der Waals surface area contributed by atoms with Crippen LogP contribution in [0.2, 0.25) is 5.02 Å². The van der Waals surface area contributed by atoms with E-state index < -0.39 is 17.5 Å². The zero-order valence-corrected chi connectivity index (χ0v) is 35.0. The highest BCUT2D eigenvalue weighted by atomic mass is 35.5. The number of imidazole rings is 1. The standard InChI is InChI=1S/C31H34ClF2N7O4.C7H17NO.C2H4O2/c1-19-24(16-36-41(19)9-4-14-45-3)21-7-8-23(28(34)27(21)33)26-17-35-29(38(26)2)30(43)37-20-5-6-22(25(32)15-20)31(44)40-12-10-39(18-42)11-13-40;1-4-5-7(9)6-8(2)3;1-4-2-3/h5-8,15-17,42H,4,9-14,18H2,1-3H3,(H,37,43);7,9H,4-6H2,1-3H3;2H,1H3/p+1/t;7-;/m.1./s1. The second kappa shape index (κ2) is 23.6. The Hall–Kier alpha value is -4.78. The van der Waals surface area contributed by atoms with Gasteiger partial charge in [-0.2, -0.15) is 5.10 Å². The Labute approximate surface area is 343 Å². The number of anilines is 1. The second-order valence-electron chi connectivity index (χ2n) is 13.9. The Morgan fingerprint density at radius 3 is 2.29 bits per heavy atom. The van der Waals surface area contributed by atoms with Crippen molar-refractivity contribution in [3.63, 3.8) is 0 Å². The van der Waals surface area contributed by atoms with E-state index in [2.05, 4.69) is 41.2 Å². The second-order valence-corrected chi connectivity index (χ2v) is 14.3. The van der Waals surface area contributed by atoms with Gasteiger partial charge < -0.3 is 39.4 Å². The maximum absolute atomic E-state index is 15.5. The van der Waals surface area contributed by atoms with Gasteiger partial charge >= 0.3 is 0 Å². The number of nitrogens with zero attached hydrogens (tertiary/aromatic N) is 6. The number of carbonyl (C=O) groups is 3. The summed E-state index contributed by atoms with van der Waals surface area (Å²) in [7, 11) is 8.57. The first-order valence-corrected chi connectivity index (χ1v) is 19.3. The van der Waals surface area contributed by atoms with Crippen molar-refractivity contribution < 1.29 is 47.8 Å². The minimum atomic E-state index is -1.07. The van der Waals surface area contributed by atoms with E-state index >= 15 is 8.78 Å². The molecule has 0 radical (unpaired) electrons. The van der Waals surface area contributed by atoms with Gasteiger partial charge in [-0.25, -0.2) is 13.8 Å². The fourth-order valence-corrected chi connectivity index (χ4v) is 6.51. The number of aryl methyl sites for hydroxylation is 1. The van der Waals surface area contributed by atoms with E-state index in [-0.39, 0.29) is 46.4 Å². The molecule has 0 aliphatic carbocycles. The highest BCUT2D eigenvalue weighted by Crippen LogP contribution is 2.33. The largest absolute Gasteiger partial charge is 0.471 e. The first kappa shape index (κ1) is 47.6. The molecule has 58 heavy (non-hydrogen) atoms. The number of amides is 2. The summed E-state index contributed by atoms with van der Waals surface area (Å²) in [5.74, 6) is -2.98. The molecule has 3 heterocycles. The number of ether oxygens (including phenoxy) is 2. The van der Waals surface area contributed by atoms with E-state index in [0.29, 0.717) is 68.3 Å². The molecule has 1 atom stereocenters. The normalized spacial score (nSPS) is 13.3. The number of piperazine rings is 1. The Morgan fingerprint density at radius 2 is 1.71 bits per heavy atom. The SMILES string of the molecule is CCC[C@@H](O)C[NH+](C)C.COC=O.COCCCn1ncc(-c2ccc(-c3cnc(C(=O)Nc4ccc(C(=O)N5CCN(CO)CC5)c(Cl)c4)n3C)c(F)c2F)c1C. The number of aromatic nitrogens is 4. The third-order valence-electron chi connectivity index (χ3n) is 9.34. The fraction of sp³-hybridized carbons (Fsp3) is 0.475. The monoisotopic (exact) mass is 833 g/mol. The average molecular weight is 834 g/mol. The topological polar surface area (TPSA) is 169 Å². The average Bonchev–Trinajstić information content (AvgIpc) is 3.77. The molecular formula is C40H56ClF2N8O7+. The predicted octanol–water partition coefficient (Wildman–Crippen LogP) is 3.27. The molecular weight excluding hydrogens is 778 g/mol. The maximum atomic E-state index is 15.5. The fourth-order valence-electron chi connectivity index (χ4n) is 6.24. The lowest BCUT2D eigenvalue weighted by Crippen LogP contribution is -3.07. The molecule has 15 nitrogen and oxygen atoms in total. The highest BCUT2D eigenvalue weighted by molar-refractivity contribution is 6.34. The molecule has 5 rings (SSSR count). The number of halogens is 3. The molecule has 1 saturated heterocycles. The molecule has 18 heteroatoms. The third-order valence-corrected chi connectivity index (χ3v) is 9.65. The van der Waals surface area contributed by atoms with Crippen molar-refractivity contribution in [2.75, 3.05) is 79.7 Å². The van der Waals surface area contributed by atoms with Crippen LogP contribution in [0.3, 0.4) is 0 Å². The Kier molecular flexibility index (Phi) is 19.4. The van der Waals surface area contributed by atoms with Gasteiger partial charge in [-0.3, -0.25) is 24.0 Å². The van der Waals surface area contributed by atoms with Crippen molar-refractivity contribution in [1.82, 2.24) is 29.1 Å². The van der Waals surface area contributed by atoms with Crippen molar-refractivity contribution in [1.29, 1.82) is 0 Å². The number of hydrogen-bond donors (Lipinski definition) is 4. The van der Waals surface area contributed by atoms with Crippen LogP contribution < -0.4 is 10.2 Å². The molecule has 0 unspecified atom stereocenters. The van der Waals surface area contributed by atoms with Crippen LogP contribution in [0.5, 0.6) is 0 Å². The zero-order chi connectivity index (χ0) is 42.9. The molecule has 2 amide bonds. The number of aliphatic hydroxyl groups excluding tert-OH is 2. The van der Waals surface area contributed by atoms with Gasteiger partial charge in [0.1, 0.15) is 12.6 Å². The van der Waals surface area contributed by atoms with Crippen LogP contribution in [0.1, 0.15) is 52.9 Å². The number of methoxy groups -OCH3 is 2. The number of likely N-dealkylation sites (N-methyl/N-ethyl adjacent to an activating group) is 1. The van der Waals surface area contributed by atoms with Gasteiger partial charge in [0, 0.05) is 81.6 Å². The van der Waals surface area contributed by atoms with Crippen LogP contribution in [0.4, 0.5) is 14.5 Å². The summed E-state index contributed by atoms with van der Waals surface area (Å²) in [4.78, 5) is 44.0. The molecule has 0 bridgehead atoms. The maximum Gasteiger partial charge on any atom is 0.292 e. The lowest BCUT2D eigenvalue weighted by molar-refractivity contribution is -0.861. The number of hydrogen-bond acceptors (Lipinski definition) is 10. The third kappa shape index (κ3) is 12.9. The molecule has 4 aromatic rings. The quantitative estimate of drug-likeness (QED) is 0.103. The minimum Gasteiger partial charge on any atom is -0.471 e. The lowest BCUT2D eigenvalue weighted by Gasteiger charge is -2.33. The number of nitrogens with one attached hydrogen (secondary N) is 2. The molecule has 0 spiro atoms. The number of carbonyl (C=O) groups excluding carboxylic acids is 3. The molecule has 1 aliphatic rings. The molecule has 0 saturated carbocycles. The number of quaternary nitrogens is 1. The summed E-state index contributed by atoms with van der Waals surface area (Å²) in [6, 6.07) is 7.50. The van der Waals surface area contributed by atoms with Gasteiger partial charge in [0.15, 0.2) is 17.5 Å². The first-order chi connectivity index (χ1) is 27.7. The van der Waals surface area contributed by atoms with Gasteiger partial charge in [-0.05, 0) is 44.0 Å². The van der Waals surface area contributed by atoms with E-state index in [1.165, 1.54) is 60.3 Å². The van der Waals surface area contributed by atoms with Gasteiger partial charge in [-0.1, -0.05) is 31.0 Å². The Morgan fingerprint density at radius 1 is 1.05 bits per heavy atom. The van der Waals surface area contributed by atoms with E-state index in [4.69, 9.17) is 21.1 Å². The van der Waals surface area contributed by atoms with Crippen molar-refractivity contribution in [2.24, 2.45) is 7.05 Å². The smallest absolute Gasteiger partial charge is 0.292 e. The summed E-state index contributed by atoms with van der Waals surface area (Å²) < 4.78 is 42.9. The molecule has 4 N–H and O–H groups in total. The Bertz CT molecular complexity index is 1950. The van der Waals surface area contributed by atoms with Crippen molar-refractivity contribution in [3.8, 4) is 22.4 Å². The summed E-state index contributed by atoms with van der Waals surface area (Å²) >= 11 is 6.42. The zero-order valence-electron chi connectivity index (χ0n) is 34.2. The first-order valence-electron chi connectivity index (χ1n) is 18.9. The van der Waals surface area contributed by atoms with E-state index in [9.17, 15) is 19.8 Å². The van der Waals surface area contributed by atoms with E-state index in [1.54, 1.807) is 29.7 Å². The number of benzene rings is 2. The van der Waals surface area contributed by atoms with Crippen LogP contribution in [-0.2, 0) is 27.9 Å². The summed E-state index contributed by atoms with van der Waals surface area (Å²) in [5, 5.41) is 25.6. The summed E-state index contributed by atoms with van der Waals surface area (Å²) in [6.45, 7) is 8.25. The Balaban J connectivity index is 0.000000598. The van der Waals surface area contributed by atoms with Gasteiger partial charge in [0.05, 0.1) is 56.6 Å². The van der Waals surface area contributed by atoms with Crippen molar-refractivity contribution >= 4 is 35.6 Å².